The first-order chi connectivity index (χ1) is 19.0. The first kappa shape index (κ1) is 25.2. The molecule has 0 saturated heterocycles. The highest BCUT2D eigenvalue weighted by Crippen LogP contribution is 2.32. The molecule has 2 aliphatic rings. The number of halogens is 1. The van der Waals surface area contributed by atoms with Crippen LogP contribution in [0.3, 0.4) is 0 Å². The molecule has 9 heteroatoms. The first-order valence-electron chi connectivity index (χ1n) is 13.2. The predicted octanol–water partition coefficient (Wildman–Crippen LogP) is 4.70. The zero-order chi connectivity index (χ0) is 26.9. The van der Waals surface area contributed by atoms with Crippen LogP contribution in [0.4, 0.5) is 0 Å². The van der Waals surface area contributed by atoms with Crippen molar-refractivity contribution >= 4 is 28.4 Å². The molecule has 39 heavy (non-hydrogen) atoms. The Balaban J connectivity index is 1.44. The molecule has 1 saturated carbocycles. The summed E-state index contributed by atoms with van der Waals surface area (Å²) in [5.74, 6) is 1.01. The third kappa shape index (κ3) is 5.16. The molecule has 0 unspecified atom stereocenters. The lowest BCUT2D eigenvalue weighted by atomic mass is 9.95. The molecule has 0 atom stereocenters. The fourth-order valence-electron chi connectivity index (χ4n) is 5.41. The summed E-state index contributed by atoms with van der Waals surface area (Å²) < 4.78 is 13.6. The van der Waals surface area contributed by atoms with E-state index in [1.54, 1.807) is 42.5 Å². The van der Waals surface area contributed by atoms with E-state index in [0.717, 1.165) is 36.8 Å². The van der Waals surface area contributed by atoms with E-state index < -0.39 is 11.2 Å². The van der Waals surface area contributed by atoms with Crippen LogP contribution in [0.5, 0.6) is 11.5 Å². The summed E-state index contributed by atoms with van der Waals surface area (Å²) in [4.78, 5) is 40.6. The van der Waals surface area contributed by atoms with Gasteiger partial charge >= 0.3 is 5.69 Å². The summed E-state index contributed by atoms with van der Waals surface area (Å²) in [6.07, 6.45) is 5.32. The monoisotopic (exact) mass is 545 g/mol. The number of carbonyl (C=O) groups excluding carboxylic acids is 1. The van der Waals surface area contributed by atoms with Gasteiger partial charge in [-0.05, 0) is 66.4 Å². The highest BCUT2D eigenvalue weighted by atomic mass is 35.5. The van der Waals surface area contributed by atoms with Crippen molar-refractivity contribution in [1.82, 2.24) is 14.5 Å². The Hall–Kier alpha value is -4.04. The molecule has 4 aromatic rings. The zero-order valence-corrected chi connectivity index (χ0v) is 22.1. The third-order valence-electron chi connectivity index (χ3n) is 7.44. The Morgan fingerprint density at radius 2 is 1.64 bits per heavy atom. The quantitative estimate of drug-likeness (QED) is 0.379. The highest BCUT2D eigenvalue weighted by Gasteiger charge is 2.20. The fourth-order valence-corrected chi connectivity index (χ4v) is 5.62. The number of aromatic nitrogens is 2. The van der Waals surface area contributed by atoms with Gasteiger partial charge in [0, 0.05) is 16.6 Å². The second kappa shape index (κ2) is 10.6. The van der Waals surface area contributed by atoms with Crippen LogP contribution in [0.25, 0.3) is 10.9 Å². The SMILES string of the molecule is O=C(NC1CCCCC1)c1ccc2c(=O)n(Cc3ccc4c(c3)OCO4)c(=O)n(Cc3cccc(Cl)c3)c2c1. The molecular formula is C30H28ClN3O5. The summed E-state index contributed by atoms with van der Waals surface area (Å²) in [6.45, 7) is 0.381. The van der Waals surface area contributed by atoms with Crippen LogP contribution in [0, 0.1) is 0 Å². The molecule has 3 aromatic carbocycles. The molecule has 2 heterocycles. The van der Waals surface area contributed by atoms with Crippen molar-refractivity contribution in [2.45, 2.75) is 51.2 Å². The van der Waals surface area contributed by atoms with Crippen molar-refractivity contribution < 1.29 is 14.3 Å². The standard InChI is InChI=1S/C30H28ClN3O5/c31-22-6-4-5-19(13-22)16-33-25-15-21(28(35)32-23-7-2-1-3-8-23)10-11-24(25)29(36)34(30(33)37)17-20-9-12-26-27(14-20)39-18-38-26/h4-6,9-15,23H,1-3,7-8,16-18H2,(H,32,35). The van der Waals surface area contributed by atoms with Crippen molar-refractivity contribution in [2.24, 2.45) is 0 Å². The molecule has 1 amide bonds. The minimum Gasteiger partial charge on any atom is -0.454 e. The van der Waals surface area contributed by atoms with Gasteiger partial charge in [-0.15, -0.1) is 0 Å². The normalized spacial score (nSPS) is 15.0. The maximum atomic E-state index is 13.9. The van der Waals surface area contributed by atoms with Crippen LogP contribution in [0.1, 0.15) is 53.6 Å². The molecule has 1 N–H and O–H groups in total. The van der Waals surface area contributed by atoms with Crippen LogP contribution in [0.2, 0.25) is 5.02 Å². The number of ether oxygens (including phenoxy) is 2. The molecule has 6 rings (SSSR count). The van der Waals surface area contributed by atoms with E-state index in [9.17, 15) is 14.4 Å². The molecule has 1 aliphatic carbocycles. The number of nitrogens with one attached hydrogen (secondary N) is 1. The van der Waals surface area contributed by atoms with E-state index in [2.05, 4.69) is 5.32 Å². The van der Waals surface area contributed by atoms with Gasteiger partial charge in [0.2, 0.25) is 6.79 Å². The maximum Gasteiger partial charge on any atom is 0.332 e. The Morgan fingerprint density at radius 3 is 2.46 bits per heavy atom. The zero-order valence-electron chi connectivity index (χ0n) is 21.3. The molecule has 0 bridgehead atoms. The van der Waals surface area contributed by atoms with E-state index in [1.807, 2.05) is 18.2 Å². The van der Waals surface area contributed by atoms with Gasteiger partial charge in [-0.3, -0.25) is 18.7 Å². The van der Waals surface area contributed by atoms with Gasteiger partial charge in [-0.1, -0.05) is 49.1 Å². The molecule has 1 fully saturated rings. The maximum absolute atomic E-state index is 13.9. The minimum atomic E-state index is -0.477. The van der Waals surface area contributed by atoms with E-state index in [1.165, 1.54) is 15.6 Å². The molecular weight excluding hydrogens is 518 g/mol. The lowest BCUT2D eigenvalue weighted by Crippen LogP contribution is -2.41. The van der Waals surface area contributed by atoms with E-state index in [-0.39, 0.29) is 31.8 Å². The second-order valence-corrected chi connectivity index (χ2v) is 10.6. The summed E-state index contributed by atoms with van der Waals surface area (Å²) in [7, 11) is 0. The van der Waals surface area contributed by atoms with Crippen LogP contribution in [-0.4, -0.2) is 27.9 Å². The largest absolute Gasteiger partial charge is 0.454 e. The minimum absolute atomic E-state index is 0.0592. The highest BCUT2D eigenvalue weighted by molar-refractivity contribution is 6.30. The van der Waals surface area contributed by atoms with Crippen molar-refractivity contribution in [3.05, 3.63) is 103 Å². The molecule has 0 radical (unpaired) electrons. The fraction of sp³-hybridized carbons (Fsp3) is 0.300. The van der Waals surface area contributed by atoms with E-state index >= 15 is 0 Å². The molecule has 1 aliphatic heterocycles. The smallest absolute Gasteiger partial charge is 0.332 e. The number of fused-ring (bicyclic) bond motifs is 2. The lowest BCUT2D eigenvalue weighted by Gasteiger charge is -2.23. The molecule has 200 valence electrons. The van der Waals surface area contributed by atoms with Gasteiger partial charge in [-0.25, -0.2) is 4.79 Å². The number of rotatable bonds is 6. The van der Waals surface area contributed by atoms with Gasteiger partial charge in [0.1, 0.15) is 0 Å². The van der Waals surface area contributed by atoms with Crippen LogP contribution in [0.15, 0.2) is 70.3 Å². The van der Waals surface area contributed by atoms with E-state index in [4.69, 9.17) is 21.1 Å². The predicted molar refractivity (Wildman–Crippen MR) is 149 cm³/mol. The summed E-state index contributed by atoms with van der Waals surface area (Å²) in [5, 5.41) is 4.02. The number of hydrogen-bond donors (Lipinski definition) is 1. The van der Waals surface area contributed by atoms with Crippen LogP contribution >= 0.6 is 11.6 Å². The molecule has 0 spiro atoms. The van der Waals surface area contributed by atoms with Gasteiger partial charge < -0.3 is 14.8 Å². The Bertz CT molecular complexity index is 1690. The summed E-state index contributed by atoms with van der Waals surface area (Å²) in [6, 6.07) is 17.7. The molecule has 8 nitrogen and oxygen atoms in total. The topological polar surface area (TPSA) is 91.6 Å². The number of nitrogens with zero attached hydrogens (tertiary/aromatic N) is 2. The molecule has 1 aromatic heterocycles. The number of hydrogen-bond acceptors (Lipinski definition) is 5. The van der Waals surface area contributed by atoms with Crippen LogP contribution < -0.4 is 26.0 Å². The second-order valence-electron chi connectivity index (χ2n) is 10.1. The van der Waals surface area contributed by atoms with Crippen molar-refractivity contribution in [2.75, 3.05) is 6.79 Å². The van der Waals surface area contributed by atoms with Crippen LogP contribution in [-0.2, 0) is 13.1 Å². The number of benzene rings is 3. The average molecular weight is 546 g/mol. The summed E-state index contributed by atoms with van der Waals surface area (Å²) in [5.41, 5.74) is 1.46. The summed E-state index contributed by atoms with van der Waals surface area (Å²) >= 11 is 6.22. The van der Waals surface area contributed by atoms with Gasteiger partial charge in [0.15, 0.2) is 11.5 Å². The average Bonchev–Trinajstić information content (AvgIpc) is 3.42. The van der Waals surface area contributed by atoms with Gasteiger partial charge in [0.05, 0.1) is 24.0 Å². The van der Waals surface area contributed by atoms with Crippen molar-refractivity contribution in [3.63, 3.8) is 0 Å². The Labute approximate surface area is 229 Å². The van der Waals surface area contributed by atoms with Crippen molar-refractivity contribution in [1.29, 1.82) is 0 Å². The van der Waals surface area contributed by atoms with Crippen molar-refractivity contribution in [3.8, 4) is 11.5 Å². The number of amides is 1. The van der Waals surface area contributed by atoms with Gasteiger partial charge in [-0.2, -0.15) is 0 Å². The Morgan fingerprint density at radius 1 is 0.872 bits per heavy atom. The van der Waals surface area contributed by atoms with Gasteiger partial charge in [0.25, 0.3) is 11.5 Å². The lowest BCUT2D eigenvalue weighted by molar-refractivity contribution is 0.0928. The number of carbonyl (C=O) groups is 1. The first-order valence-corrected chi connectivity index (χ1v) is 13.6. The Kier molecular flexibility index (Phi) is 6.87. The van der Waals surface area contributed by atoms with E-state index in [0.29, 0.717) is 33.0 Å². The third-order valence-corrected chi connectivity index (χ3v) is 7.67.